The number of aromatic carboxylic acids is 1. The topological polar surface area (TPSA) is 72.3 Å². The van der Waals surface area contributed by atoms with E-state index in [1.165, 1.54) is 6.07 Å². The van der Waals surface area contributed by atoms with Crippen molar-refractivity contribution in [3.05, 3.63) is 60.3 Å². The Morgan fingerprint density at radius 1 is 1.05 bits per heavy atom. The molecule has 0 aliphatic carbocycles. The first-order valence-electron chi connectivity index (χ1n) is 5.96. The molecule has 5 nitrogen and oxygen atoms in total. The van der Waals surface area contributed by atoms with E-state index >= 15 is 0 Å². The molecule has 0 atom stereocenters. The standard InChI is InChI=1S/C15H10N2O3/c18-14(19)11-6-2-4-8-13(11)20-15-16-9-10-5-1-3-7-12(10)17-15/h1-9H,(H,18,19). The van der Waals surface area contributed by atoms with Crippen molar-refractivity contribution in [1.29, 1.82) is 0 Å². The first kappa shape index (κ1) is 12.1. The molecule has 0 radical (unpaired) electrons. The van der Waals surface area contributed by atoms with Gasteiger partial charge in [-0.25, -0.2) is 9.78 Å². The van der Waals surface area contributed by atoms with E-state index in [1.54, 1.807) is 24.4 Å². The van der Waals surface area contributed by atoms with E-state index in [0.717, 1.165) is 10.9 Å². The zero-order valence-electron chi connectivity index (χ0n) is 10.4. The molecular formula is C15H10N2O3. The number of aromatic nitrogens is 2. The molecule has 3 rings (SSSR count). The van der Waals surface area contributed by atoms with Crippen LogP contribution in [0.5, 0.6) is 11.8 Å². The summed E-state index contributed by atoms with van der Waals surface area (Å²) in [6.07, 6.45) is 1.64. The Kier molecular flexibility index (Phi) is 3.01. The molecule has 0 aliphatic heterocycles. The fourth-order valence-electron chi connectivity index (χ4n) is 1.84. The van der Waals surface area contributed by atoms with Gasteiger partial charge in [0.05, 0.1) is 5.52 Å². The second kappa shape index (κ2) is 4.97. The molecule has 0 unspecified atom stereocenters. The van der Waals surface area contributed by atoms with E-state index in [9.17, 15) is 4.79 Å². The summed E-state index contributed by atoms with van der Waals surface area (Å²) in [5.74, 6) is -0.836. The third-order valence-electron chi connectivity index (χ3n) is 2.79. The molecule has 0 amide bonds. The van der Waals surface area contributed by atoms with Gasteiger partial charge in [0.2, 0.25) is 0 Å². The van der Waals surface area contributed by atoms with Crippen molar-refractivity contribution in [3.63, 3.8) is 0 Å². The number of carbonyl (C=O) groups is 1. The lowest BCUT2D eigenvalue weighted by Crippen LogP contribution is -2.01. The van der Waals surface area contributed by atoms with Gasteiger partial charge in [-0.2, -0.15) is 4.98 Å². The van der Waals surface area contributed by atoms with E-state index in [2.05, 4.69) is 9.97 Å². The van der Waals surface area contributed by atoms with Crippen LogP contribution in [-0.2, 0) is 0 Å². The van der Waals surface area contributed by atoms with Gasteiger partial charge in [0.15, 0.2) is 0 Å². The SMILES string of the molecule is O=C(O)c1ccccc1Oc1ncc2ccccc2n1. The molecule has 20 heavy (non-hydrogen) atoms. The minimum atomic E-state index is -1.05. The number of carboxylic acids is 1. The number of ether oxygens (including phenoxy) is 1. The third-order valence-corrected chi connectivity index (χ3v) is 2.79. The van der Waals surface area contributed by atoms with Gasteiger partial charge in [-0.15, -0.1) is 0 Å². The van der Waals surface area contributed by atoms with E-state index in [0.29, 0.717) is 0 Å². The maximum absolute atomic E-state index is 11.1. The first-order chi connectivity index (χ1) is 9.74. The summed E-state index contributed by atoms with van der Waals surface area (Å²) in [6.45, 7) is 0. The van der Waals surface area contributed by atoms with Gasteiger partial charge in [-0.05, 0) is 18.2 Å². The van der Waals surface area contributed by atoms with Gasteiger partial charge in [-0.3, -0.25) is 0 Å². The molecule has 0 fully saturated rings. The second-order valence-corrected chi connectivity index (χ2v) is 4.11. The predicted octanol–water partition coefficient (Wildman–Crippen LogP) is 3.12. The van der Waals surface area contributed by atoms with Crippen LogP contribution in [-0.4, -0.2) is 21.0 Å². The zero-order valence-corrected chi connectivity index (χ0v) is 10.4. The Morgan fingerprint density at radius 3 is 2.65 bits per heavy atom. The van der Waals surface area contributed by atoms with Crippen molar-refractivity contribution in [2.24, 2.45) is 0 Å². The number of benzene rings is 2. The van der Waals surface area contributed by atoms with Gasteiger partial charge < -0.3 is 9.84 Å². The van der Waals surface area contributed by atoms with Crippen LogP contribution < -0.4 is 4.74 Å². The maximum atomic E-state index is 11.1. The van der Waals surface area contributed by atoms with E-state index in [4.69, 9.17) is 9.84 Å². The lowest BCUT2D eigenvalue weighted by molar-refractivity contribution is 0.0694. The fourth-order valence-corrected chi connectivity index (χ4v) is 1.84. The lowest BCUT2D eigenvalue weighted by Gasteiger charge is -2.07. The summed E-state index contributed by atoms with van der Waals surface area (Å²) in [5.41, 5.74) is 0.814. The predicted molar refractivity (Wildman–Crippen MR) is 73.0 cm³/mol. The highest BCUT2D eigenvalue weighted by atomic mass is 16.5. The number of hydrogen-bond donors (Lipinski definition) is 1. The highest BCUT2D eigenvalue weighted by Gasteiger charge is 2.12. The number of fused-ring (bicyclic) bond motifs is 1. The lowest BCUT2D eigenvalue weighted by atomic mass is 10.2. The molecule has 0 spiro atoms. The van der Waals surface area contributed by atoms with Crippen LogP contribution in [0.2, 0.25) is 0 Å². The Bertz CT molecular complexity index is 787. The van der Waals surface area contributed by atoms with Crippen LogP contribution in [0.25, 0.3) is 10.9 Å². The highest BCUT2D eigenvalue weighted by molar-refractivity contribution is 5.90. The van der Waals surface area contributed by atoms with Crippen molar-refractivity contribution in [3.8, 4) is 11.8 Å². The largest absolute Gasteiger partial charge is 0.478 e. The molecule has 1 aromatic heterocycles. The van der Waals surface area contributed by atoms with Crippen molar-refractivity contribution < 1.29 is 14.6 Å². The minimum Gasteiger partial charge on any atom is -0.478 e. The van der Waals surface area contributed by atoms with Gasteiger partial charge in [-0.1, -0.05) is 30.3 Å². The smallest absolute Gasteiger partial charge is 0.339 e. The normalized spacial score (nSPS) is 10.4. The third kappa shape index (κ3) is 2.29. The monoisotopic (exact) mass is 266 g/mol. The number of nitrogens with zero attached hydrogens (tertiary/aromatic N) is 2. The highest BCUT2D eigenvalue weighted by Crippen LogP contribution is 2.23. The molecule has 2 aromatic carbocycles. The number of carboxylic acid groups (broad SMARTS) is 1. The Balaban J connectivity index is 1.99. The Labute approximate surface area is 114 Å². The summed E-state index contributed by atoms with van der Waals surface area (Å²) in [7, 11) is 0. The van der Waals surface area contributed by atoms with Crippen molar-refractivity contribution in [1.82, 2.24) is 9.97 Å². The molecule has 1 heterocycles. The summed E-state index contributed by atoms with van der Waals surface area (Å²) < 4.78 is 5.48. The molecule has 0 bridgehead atoms. The van der Waals surface area contributed by atoms with Crippen LogP contribution in [0.1, 0.15) is 10.4 Å². The second-order valence-electron chi connectivity index (χ2n) is 4.11. The molecular weight excluding hydrogens is 256 g/mol. The summed E-state index contributed by atoms with van der Waals surface area (Å²) >= 11 is 0. The Morgan fingerprint density at radius 2 is 1.80 bits per heavy atom. The van der Waals surface area contributed by atoms with E-state index in [-0.39, 0.29) is 17.3 Å². The molecule has 3 aromatic rings. The Hall–Kier alpha value is -2.95. The summed E-state index contributed by atoms with van der Waals surface area (Å²) in [4.78, 5) is 19.4. The van der Waals surface area contributed by atoms with Crippen LogP contribution in [0.15, 0.2) is 54.7 Å². The van der Waals surface area contributed by atoms with E-state index in [1.807, 2.05) is 24.3 Å². The van der Waals surface area contributed by atoms with Crippen LogP contribution in [0.4, 0.5) is 0 Å². The quantitative estimate of drug-likeness (QED) is 0.788. The maximum Gasteiger partial charge on any atom is 0.339 e. The van der Waals surface area contributed by atoms with E-state index < -0.39 is 5.97 Å². The van der Waals surface area contributed by atoms with Crippen molar-refractivity contribution in [2.45, 2.75) is 0 Å². The average Bonchev–Trinajstić information content (AvgIpc) is 2.47. The van der Waals surface area contributed by atoms with Crippen molar-refractivity contribution >= 4 is 16.9 Å². The minimum absolute atomic E-state index is 0.0734. The zero-order chi connectivity index (χ0) is 13.9. The van der Waals surface area contributed by atoms with Crippen molar-refractivity contribution in [2.75, 3.05) is 0 Å². The molecule has 0 saturated carbocycles. The van der Waals surface area contributed by atoms with Crippen LogP contribution >= 0.6 is 0 Å². The molecule has 0 aliphatic rings. The van der Waals surface area contributed by atoms with Crippen LogP contribution in [0, 0.1) is 0 Å². The molecule has 0 saturated heterocycles. The molecule has 98 valence electrons. The van der Waals surface area contributed by atoms with Gasteiger partial charge in [0.1, 0.15) is 11.3 Å². The fraction of sp³-hybridized carbons (Fsp3) is 0. The number of hydrogen-bond acceptors (Lipinski definition) is 4. The van der Waals surface area contributed by atoms with Gasteiger partial charge >= 0.3 is 12.0 Å². The molecule has 1 N–H and O–H groups in total. The van der Waals surface area contributed by atoms with Crippen LogP contribution in [0.3, 0.4) is 0 Å². The van der Waals surface area contributed by atoms with Gasteiger partial charge in [0.25, 0.3) is 0 Å². The summed E-state index contributed by atoms with van der Waals surface area (Å²) in [5, 5.41) is 9.99. The number of rotatable bonds is 3. The average molecular weight is 266 g/mol. The van der Waals surface area contributed by atoms with Gasteiger partial charge in [0, 0.05) is 11.6 Å². The number of para-hydroxylation sites is 2. The summed E-state index contributed by atoms with van der Waals surface area (Å²) in [6, 6.07) is 14.0. The molecule has 5 heteroatoms. The first-order valence-corrected chi connectivity index (χ1v) is 5.96.